The van der Waals surface area contributed by atoms with Crippen LogP contribution in [-0.2, 0) is 6.18 Å². The Kier molecular flexibility index (Phi) is 5.37. The molecule has 11 heteroatoms. The molecule has 0 bridgehead atoms. The quantitative estimate of drug-likeness (QED) is 0.562. The predicted octanol–water partition coefficient (Wildman–Crippen LogP) is 3.32. The summed E-state index contributed by atoms with van der Waals surface area (Å²) in [6.07, 6.45) is -1.70. The number of halogens is 3. The lowest BCUT2D eigenvalue weighted by Crippen LogP contribution is -2.45. The van der Waals surface area contributed by atoms with Crippen molar-refractivity contribution >= 4 is 23.5 Å². The fourth-order valence-electron chi connectivity index (χ4n) is 5.26. The van der Waals surface area contributed by atoms with E-state index in [0.29, 0.717) is 30.6 Å². The highest BCUT2D eigenvalue weighted by Crippen LogP contribution is 2.50. The summed E-state index contributed by atoms with van der Waals surface area (Å²) in [4.78, 5) is 15.8. The number of fused-ring (bicyclic) bond motifs is 2. The minimum Gasteiger partial charge on any atom is -0.334 e. The molecule has 3 heterocycles. The monoisotopic (exact) mass is 476 g/mol. The first kappa shape index (κ1) is 22.2. The van der Waals surface area contributed by atoms with E-state index in [2.05, 4.69) is 14.9 Å². The zero-order valence-electron chi connectivity index (χ0n) is 17.8. The molecule has 3 aromatic rings. The van der Waals surface area contributed by atoms with Gasteiger partial charge in [-0.3, -0.25) is 13.9 Å². The Bertz CT molecular complexity index is 1210. The lowest BCUT2D eigenvalue weighted by Gasteiger charge is -2.25. The maximum absolute atomic E-state index is 13.5. The second-order valence-electron chi connectivity index (χ2n) is 8.76. The third kappa shape index (κ3) is 3.87. The summed E-state index contributed by atoms with van der Waals surface area (Å²) in [6, 6.07) is 9.38. The van der Waals surface area contributed by atoms with Gasteiger partial charge in [0.2, 0.25) is 5.82 Å². The number of rotatable bonds is 4. The Morgan fingerprint density at radius 2 is 2.03 bits per heavy atom. The molecule has 33 heavy (non-hydrogen) atoms. The summed E-state index contributed by atoms with van der Waals surface area (Å²) in [5.41, 5.74) is 6.20. The summed E-state index contributed by atoms with van der Waals surface area (Å²) in [7, 11) is 1.80. The Morgan fingerprint density at radius 1 is 1.24 bits per heavy atom. The molecular formula is C22H23F3N6OS. The van der Waals surface area contributed by atoms with E-state index < -0.39 is 17.3 Å². The van der Waals surface area contributed by atoms with Crippen LogP contribution in [0.2, 0.25) is 0 Å². The molecule has 1 aliphatic carbocycles. The summed E-state index contributed by atoms with van der Waals surface area (Å²) in [6.45, 7) is 0.668. The first-order chi connectivity index (χ1) is 15.7. The van der Waals surface area contributed by atoms with E-state index in [0.717, 1.165) is 11.0 Å². The van der Waals surface area contributed by atoms with Crippen LogP contribution in [0.3, 0.4) is 0 Å². The van der Waals surface area contributed by atoms with Crippen molar-refractivity contribution < 1.29 is 18.0 Å². The van der Waals surface area contributed by atoms with E-state index in [4.69, 9.17) is 5.73 Å². The van der Waals surface area contributed by atoms with Gasteiger partial charge in [-0.25, -0.2) is 0 Å². The molecule has 174 valence electrons. The first-order valence-electron chi connectivity index (χ1n) is 10.6. The van der Waals surface area contributed by atoms with Crippen molar-refractivity contribution in [1.82, 2.24) is 24.2 Å². The summed E-state index contributed by atoms with van der Waals surface area (Å²) in [5, 5.41) is 8.17. The van der Waals surface area contributed by atoms with Crippen LogP contribution < -0.4 is 10.5 Å². The van der Waals surface area contributed by atoms with Gasteiger partial charge in [-0.15, -0.1) is 10.2 Å². The summed E-state index contributed by atoms with van der Waals surface area (Å²) >= 11 is 1.41. The molecule has 1 aromatic carbocycles. The van der Waals surface area contributed by atoms with Crippen molar-refractivity contribution in [3.05, 3.63) is 59.5 Å². The molecule has 3 atom stereocenters. The number of nitrogens with two attached hydrogens (primary N) is 1. The molecule has 7 nitrogen and oxygen atoms in total. The normalized spacial score (nSPS) is 25.1. The Morgan fingerprint density at radius 3 is 2.76 bits per heavy atom. The number of carbonyl (C=O) groups is 1. The van der Waals surface area contributed by atoms with Crippen molar-refractivity contribution in [3.8, 4) is 0 Å². The predicted molar refractivity (Wildman–Crippen MR) is 118 cm³/mol. The van der Waals surface area contributed by atoms with Gasteiger partial charge in [0, 0.05) is 29.7 Å². The van der Waals surface area contributed by atoms with Crippen molar-refractivity contribution in [1.29, 1.82) is 0 Å². The number of benzene rings is 1. The average Bonchev–Trinajstić information content (AvgIpc) is 3.42. The van der Waals surface area contributed by atoms with Gasteiger partial charge in [0.05, 0.1) is 5.56 Å². The van der Waals surface area contributed by atoms with E-state index >= 15 is 0 Å². The molecule has 1 saturated heterocycles. The highest BCUT2D eigenvalue weighted by Gasteiger charge is 2.53. The molecule has 0 radical (unpaired) electrons. The minimum atomic E-state index is -4.41. The van der Waals surface area contributed by atoms with Crippen LogP contribution in [0.15, 0.2) is 47.5 Å². The molecule has 2 aromatic heterocycles. The molecule has 1 aliphatic heterocycles. The Balaban J connectivity index is 1.36. The number of carbonyl (C=O) groups excluding carboxylic acids is 1. The van der Waals surface area contributed by atoms with E-state index in [-0.39, 0.29) is 30.1 Å². The minimum absolute atomic E-state index is 0.0812. The number of hydrogen-bond acceptors (Lipinski definition) is 6. The number of aromatic nitrogens is 3. The Hall–Kier alpha value is -2.63. The third-order valence-electron chi connectivity index (χ3n) is 6.71. The van der Waals surface area contributed by atoms with Gasteiger partial charge < -0.3 is 10.6 Å². The van der Waals surface area contributed by atoms with E-state index in [9.17, 15) is 18.0 Å². The first-order valence-corrected chi connectivity index (χ1v) is 11.4. The summed E-state index contributed by atoms with van der Waals surface area (Å²) in [5.74, 6) is -0.445. The lowest BCUT2D eigenvalue weighted by atomic mass is 9.89. The molecule has 2 aliphatic rings. The van der Waals surface area contributed by atoms with Crippen LogP contribution in [0, 0.1) is 5.92 Å². The molecule has 2 fully saturated rings. The van der Waals surface area contributed by atoms with Crippen LogP contribution in [0.1, 0.15) is 40.5 Å². The van der Waals surface area contributed by atoms with Gasteiger partial charge in [0.25, 0.3) is 5.91 Å². The second-order valence-corrected chi connectivity index (χ2v) is 9.84. The number of hydrogen-bond donors (Lipinski definition) is 2. The number of nitrogens with one attached hydrogen (secondary N) is 1. The van der Waals surface area contributed by atoms with Gasteiger partial charge in [0.1, 0.15) is 0 Å². The maximum Gasteiger partial charge on any atom is 0.416 e. The van der Waals surface area contributed by atoms with Gasteiger partial charge in [-0.05, 0) is 67.4 Å². The van der Waals surface area contributed by atoms with Crippen LogP contribution >= 0.6 is 11.9 Å². The van der Waals surface area contributed by atoms with Crippen LogP contribution in [-0.4, -0.2) is 51.1 Å². The lowest BCUT2D eigenvalue weighted by molar-refractivity contribution is -0.138. The van der Waals surface area contributed by atoms with Gasteiger partial charge in [-0.1, -0.05) is 18.2 Å². The molecular weight excluding hydrogens is 453 g/mol. The van der Waals surface area contributed by atoms with Crippen molar-refractivity contribution in [2.45, 2.75) is 35.4 Å². The molecule has 1 saturated carbocycles. The van der Waals surface area contributed by atoms with Crippen LogP contribution in [0.25, 0.3) is 5.65 Å². The highest BCUT2D eigenvalue weighted by atomic mass is 32.2. The van der Waals surface area contributed by atoms with E-state index in [1.54, 1.807) is 40.7 Å². The van der Waals surface area contributed by atoms with Crippen molar-refractivity contribution in [2.24, 2.45) is 11.7 Å². The smallest absolute Gasteiger partial charge is 0.334 e. The molecule has 1 amide bonds. The fraction of sp³-hybridized carbons (Fsp3) is 0.409. The number of amides is 1. The number of alkyl halides is 3. The van der Waals surface area contributed by atoms with Crippen LogP contribution in [0.5, 0.6) is 0 Å². The fourth-order valence-corrected chi connectivity index (χ4v) is 5.79. The average molecular weight is 477 g/mol. The third-order valence-corrected chi connectivity index (χ3v) is 7.40. The number of pyridine rings is 1. The molecule has 5 rings (SSSR count). The summed E-state index contributed by atoms with van der Waals surface area (Å²) < 4.78 is 45.2. The zero-order valence-corrected chi connectivity index (χ0v) is 18.7. The maximum atomic E-state index is 13.5. The van der Waals surface area contributed by atoms with Crippen molar-refractivity contribution in [3.63, 3.8) is 0 Å². The molecule has 3 N–H and O–H groups in total. The van der Waals surface area contributed by atoms with E-state index in [1.807, 2.05) is 6.07 Å². The van der Waals surface area contributed by atoms with Gasteiger partial charge >= 0.3 is 6.18 Å². The second kappa shape index (κ2) is 8.00. The zero-order chi connectivity index (χ0) is 23.4. The van der Waals surface area contributed by atoms with Crippen molar-refractivity contribution in [2.75, 3.05) is 20.1 Å². The number of nitrogens with zero attached hydrogens (tertiary/aromatic N) is 4. The SMILES string of the molecule is CNSc1ccc2nnc(C(=O)N3C[C@H]4CC(c5ccccc5C(F)(F)F)C[C@@]4(N)C3)n2c1. The topological polar surface area (TPSA) is 88.5 Å². The number of likely N-dealkylation sites (tertiary alicyclic amines) is 1. The van der Waals surface area contributed by atoms with Crippen LogP contribution in [0.4, 0.5) is 13.2 Å². The van der Waals surface area contributed by atoms with Gasteiger partial charge in [0.15, 0.2) is 5.65 Å². The largest absolute Gasteiger partial charge is 0.416 e. The Labute approximate surface area is 192 Å². The highest BCUT2D eigenvalue weighted by molar-refractivity contribution is 7.97. The standard InChI is InChI=1S/C22H23F3N6OS/c1-27-33-15-6-7-18-28-29-19(31(18)11-15)20(32)30-10-14-8-13(9-21(14,26)12-30)16-4-2-3-5-17(16)22(23,24)25/h2-7,11,13-14,27H,8-10,12,26H2,1H3/t13?,14-,21-/m1/s1. The molecule has 1 unspecified atom stereocenters. The molecule has 0 spiro atoms. The van der Waals surface area contributed by atoms with Gasteiger partial charge in [-0.2, -0.15) is 13.2 Å². The van der Waals surface area contributed by atoms with E-state index in [1.165, 1.54) is 18.0 Å².